The molecule has 3 atom stereocenters. The van der Waals surface area contributed by atoms with E-state index < -0.39 is 59.1 Å². The highest BCUT2D eigenvalue weighted by Gasteiger charge is 2.52. The normalized spacial score (nSPS) is 16.3. The predicted octanol–water partition coefficient (Wildman–Crippen LogP) is 4.01. The van der Waals surface area contributed by atoms with Crippen molar-refractivity contribution in [2.24, 2.45) is 5.92 Å². The minimum atomic E-state index is -5.17. The van der Waals surface area contributed by atoms with Crippen molar-refractivity contribution in [1.82, 2.24) is 16.0 Å². The molecule has 0 heterocycles. The number of carbonyl (C=O) groups excluding carboxylic acids is 4. The molecule has 3 unspecified atom stereocenters. The molecule has 40 heavy (non-hydrogen) atoms. The second-order valence-corrected chi connectivity index (χ2v) is 10.5. The topological polar surface area (TPSA) is 114 Å². The van der Waals surface area contributed by atoms with Gasteiger partial charge in [-0.1, -0.05) is 49.7 Å². The van der Waals surface area contributed by atoms with Gasteiger partial charge in [0, 0.05) is 5.02 Å². The quantitative estimate of drug-likeness (QED) is 0.371. The average molecular weight is 582 g/mol. The number of benzene rings is 2. The van der Waals surface area contributed by atoms with E-state index in [1.807, 2.05) is 0 Å². The molecule has 8 nitrogen and oxygen atoms in total. The van der Waals surface area contributed by atoms with Crippen LogP contribution in [0.25, 0.3) is 0 Å². The molecule has 0 aromatic heterocycles. The van der Waals surface area contributed by atoms with Crippen LogP contribution in [0.5, 0.6) is 5.75 Å². The lowest BCUT2D eigenvalue weighted by Gasteiger charge is -2.27. The molecule has 0 radical (unpaired) electrons. The third-order valence-corrected chi connectivity index (χ3v) is 7.06. The summed E-state index contributed by atoms with van der Waals surface area (Å²) in [6, 6.07) is 8.39. The summed E-state index contributed by atoms with van der Waals surface area (Å²) in [7, 11) is 1.43. The summed E-state index contributed by atoms with van der Waals surface area (Å²) in [5.74, 6) is -4.71. The molecule has 1 fully saturated rings. The molecule has 2 aromatic carbocycles. The van der Waals surface area contributed by atoms with Crippen molar-refractivity contribution in [3.63, 3.8) is 0 Å². The molecule has 0 saturated heterocycles. The molecule has 0 spiro atoms. The van der Waals surface area contributed by atoms with E-state index in [9.17, 15) is 32.3 Å². The minimum absolute atomic E-state index is 0.227. The first-order valence-electron chi connectivity index (χ1n) is 12.6. The maximum absolute atomic E-state index is 13.2. The summed E-state index contributed by atoms with van der Waals surface area (Å²) in [5.41, 5.74) is 0.119. The van der Waals surface area contributed by atoms with E-state index in [0.717, 1.165) is 5.56 Å². The van der Waals surface area contributed by atoms with E-state index in [0.29, 0.717) is 23.6 Å². The van der Waals surface area contributed by atoms with E-state index >= 15 is 0 Å². The van der Waals surface area contributed by atoms with Crippen LogP contribution in [0.3, 0.4) is 0 Å². The third-order valence-electron chi connectivity index (χ3n) is 6.83. The molecule has 1 aliphatic carbocycles. The molecule has 12 heteroatoms. The summed E-state index contributed by atoms with van der Waals surface area (Å²) in [6.07, 6.45) is -4.04. The summed E-state index contributed by atoms with van der Waals surface area (Å²) in [6.45, 7) is 4.15. The average Bonchev–Trinajstić information content (AvgIpc) is 3.71. The van der Waals surface area contributed by atoms with E-state index in [4.69, 9.17) is 16.3 Å². The standard InChI is InChI=1S/C28H31ClF3N3O5/c1-15(2)21(23(36)28(30,31)32)34-25(38)22(17-8-10-20(40-4)11-9-17)35-24(37)16(3)33-26(39)27(12-13-27)18-6-5-7-19(29)14-18/h5-11,14-16,21-22H,12-13H2,1-4H3,(H,33,39)(H,34,38)(H,35,37). The number of nitrogens with one attached hydrogen (secondary N) is 3. The van der Waals surface area contributed by atoms with Crippen molar-refractivity contribution in [1.29, 1.82) is 0 Å². The highest BCUT2D eigenvalue weighted by Crippen LogP contribution is 2.49. The second-order valence-electron chi connectivity index (χ2n) is 10.1. The second kappa shape index (κ2) is 12.3. The fraction of sp³-hybridized carbons (Fsp3) is 0.429. The summed E-state index contributed by atoms with van der Waals surface area (Å²) in [5, 5.41) is 7.77. The van der Waals surface area contributed by atoms with Crippen molar-refractivity contribution in [2.75, 3.05) is 7.11 Å². The Morgan fingerprint density at radius 3 is 2.05 bits per heavy atom. The van der Waals surface area contributed by atoms with Gasteiger partial charge in [-0.25, -0.2) is 0 Å². The first-order valence-corrected chi connectivity index (χ1v) is 13.0. The Hall–Kier alpha value is -3.60. The van der Waals surface area contributed by atoms with Crippen LogP contribution in [0.2, 0.25) is 5.02 Å². The predicted molar refractivity (Wildman–Crippen MR) is 142 cm³/mol. The number of amides is 3. The maximum Gasteiger partial charge on any atom is 0.452 e. The number of Topliss-reactive ketones (excluding diaryl/α,β-unsaturated/α-hetero) is 1. The molecular weight excluding hydrogens is 551 g/mol. The Bertz CT molecular complexity index is 1260. The van der Waals surface area contributed by atoms with Crippen molar-refractivity contribution in [3.8, 4) is 5.75 Å². The first-order chi connectivity index (χ1) is 18.7. The fourth-order valence-electron chi connectivity index (χ4n) is 4.27. The molecule has 0 aliphatic heterocycles. The van der Waals surface area contributed by atoms with Crippen LogP contribution in [0.1, 0.15) is 50.8 Å². The van der Waals surface area contributed by atoms with Crippen LogP contribution in [-0.2, 0) is 24.6 Å². The van der Waals surface area contributed by atoms with Gasteiger partial charge in [-0.3, -0.25) is 19.2 Å². The molecule has 3 amide bonds. The van der Waals surface area contributed by atoms with Gasteiger partial charge in [-0.05, 0) is 61.1 Å². The molecule has 3 rings (SSSR count). The number of halogens is 4. The minimum Gasteiger partial charge on any atom is -0.497 e. The van der Waals surface area contributed by atoms with Gasteiger partial charge < -0.3 is 20.7 Å². The zero-order valence-electron chi connectivity index (χ0n) is 22.4. The van der Waals surface area contributed by atoms with Crippen LogP contribution < -0.4 is 20.7 Å². The number of rotatable bonds is 11. The number of ketones is 1. The van der Waals surface area contributed by atoms with Crippen LogP contribution >= 0.6 is 11.6 Å². The van der Waals surface area contributed by atoms with Crippen molar-refractivity contribution < 1.29 is 37.1 Å². The number of hydrogen-bond donors (Lipinski definition) is 3. The lowest BCUT2D eigenvalue weighted by atomic mass is 9.94. The Morgan fingerprint density at radius 2 is 1.55 bits per heavy atom. The highest BCUT2D eigenvalue weighted by atomic mass is 35.5. The Labute approximate surface area is 235 Å². The van der Waals surface area contributed by atoms with Gasteiger partial charge in [0.1, 0.15) is 17.8 Å². The highest BCUT2D eigenvalue weighted by molar-refractivity contribution is 6.30. The first kappa shape index (κ1) is 30.9. The summed E-state index contributed by atoms with van der Waals surface area (Å²) < 4.78 is 44.6. The Balaban J connectivity index is 1.80. The largest absolute Gasteiger partial charge is 0.497 e. The number of carbonyl (C=O) groups is 4. The van der Waals surface area contributed by atoms with E-state index in [2.05, 4.69) is 16.0 Å². The van der Waals surface area contributed by atoms with Gasteiger partial charge in [0.2, 0.25) is 17.7 Å². The van der Waals surface area contributed by atoms with Gasteiger partial charge in [0.05, 0.1) is 18.6 Å². The van der Waals surface area contributed by atoms with Gasteiger partial charge in [0.15, 0.2) is 0 Å². The SMILES string of the molecule is COc1ccc(C(NC(=O)C(C)NC(=O)C2(c3cccc(Cl)c3)CC2)C(=O)NC(C(=O)C(F)(F)F)C(C)C)cc1. The van der Waals surface area contributed by atoms with Crippen LogP contribution in [0.15, 0.2) is 48.5 Å². The smallest absolute Gasteiger partial charge is 0.452 e. The Morgan fingerprint density at radius 1 is 0.925 bits per heavy atom. The maximum atomic E-state index is 13.2. The zero-order chi connectivity index (χ0) is 29.8. The lowest BCUT2D eigenvalue weighted by Crippen LogP contribution is -2.54. The van der Waals surface area contributed by atoms with E-state index in [-0.39, 0.29) is 5.56 Å². The van der Waals surface area contributed by atoms with Crippen molar-refractivity contribution in [3.05, 3.63) is 64.7 Å². The van der Waals surface area contributed by atoms with Crippen LogP contribution in [0, 0.1) is 5.92 Å². The van der Waals surface area contributed by atoms with Crippen LogP contribution in [0.4, 0.5) is 13.2 Å². The molecule has 1 saturated carbocycles. The summed E-state index contributed by atoms with van der Waals surface area (Å²) >= 11 is 6.08. The molecular formula is C28H31ClF3N3O5. The number of hydrogen-bond acceptors (Lipinski definition) is 5. The fourth-order valence-corrected chi connectivity index (χ4v) is 4.46. The number of alkyl halides is 3. The van der Waals surface area contributed by atoms with Gasteiger partial charge in [-0.2, -0.15) is 13.2 Å². The van der Waals surface area contributed by atoms with Gasteiger partial charge in [-0.15, -0.1) is 0 Å². The van der Waals surface area contributed by atoms with Gasteiger partial charge >= 0.3 is 6.18 Å². The molecule has 1 aliphatic rings. The zero-order valence-corrected chi connectivity index (χ0v) is 23.2. The van der Waals surface area contributed by atoms with Crippen molar-refractivity contribution in [2.45, 2.75) is 63.3 Å². The molecule has 216 valence electrons. The lowest BCUT2D eigenvalue weighted by molar-refractivity contribution is -0.175. The van der Waals surface area contributed by atoms with E-state index in [1.165, 1.54) is 52.1 Å². The monoisotopic (exact) mass is 581 g/mol. The number of methoxy groups -OCH3 is 1. The van der Waals surface area contributed by atoms with Crippen molar-refractivity contribution >= 4 is 35.1 Å². The van der Waals surface area contributed by atoms with Crippen LogP contribution in [-0.4, -0.2) is 48.9 Å². The number of ether oxygens (including phenoxy) is 1. The molecule has 2 aromatic rings. The molecule has 0 bridgehead atoms. The third kappa shape index (κ3) is 7.12. The van der Waals surface area contributed by atoms with E-state index in [1.54, 1.807) is 24.3 Å². The Kier molecular flexibility index (Phi) is 9.50. The summed E-state index contributed by atoms with van der Waals surface area (Å²) in [4.78, 5) is 51.5. The van der Waals surface area contributed by atoms with Gasteiger partial charge in [0.25, 0.3) is 5.78 Å². The molecule has 3 N–H and O–H groups in total.